The van der Waals surface area contributed by atoms with E-state index in [1.807, 2.05) is 6.20 Å². The number of likely N-dealkylation sites (tertiary alicyclic amines) is 1. The molecular weight excluding hydrogens is 336 g/mol. The van der Waals surface area contributed by atoms with Crippen LogP contribution in [-0.4, -0.2) is 52.3 Å². The molecule has 1 aromatic heterocycles. The van der Waals surface area contributed by atoms with Crippen LogP contribution in [0, 0.1) is 5.92 Å². The number of aryl methyl sites for hydroxylation is 1. The van der Waals surface area contributed by atoms with Crippen molar-refractivity contribution >= 4 is 0 Å². The van der Waals surface area contributed by atoms with E-state index in [1.54, 1.807) is 0 Å². The molecule has 3 fully saturated rings. The first-order valence-corrected chi connectivity index (χ1v) is 11.4. The molecule has 1 aromatic rings. The molecule has 2 unspecified atom stereocenters. The van der Waals surface area contributed by atoms with E-state index in [9.17, 15) is 0 Å². The average molecular weight is 375 g/mol. The Morgan fingerprint density at radius 3 is 2.78 bits per heavy atom. The molecule has 1 N–H and O–H groups in total. The summed E-state index contributed by atoms with van der Waals surface area (Å²) in [6.07, 6.45) is 14.7. The van der Waals surface area contributed by atoms with Crippen LogP contribution < -0.4 is 5.32 Å². The van der Waals surface area contributed by atoms with Gasteiger partial charge in [0.15, 0.2) is 0 Å². The summed E-state index contributed by atoms with van der Waals surface area (Å²) in [4.78, 5) is 7.41. The van der Waals surface area contributed by atoms with Gasteiger partial charge in [-0.1, -0.05) is 19.8 Å². The van der Waals surface area contributed by atoms with E-state index in [4.69, 9.17) is 4.74 Å². The lowest BCUT2D eigenvalue weighted by atomic mass is 9.85. The van der Waals surface area contributed by atoms with Gasteiger partial charge < -0.3 is 19.5 Å². The molecule has 2 saturated heterocycles. The first-order chi connectivity index (χ1) is 13.2. The largest absolute Gasteiger partial charge is 0.369 e. The Hall–Kier alpha value is -0.910. The average Bonchev–Trinajstić information content (AvgIpc) is 3.18. The van der Waals surface area contributed by atoms with Crippen molar-refractivity contribution in [2.45, 2.75) is 96.0 Å². The number of nitrogens with zero attached hydrogens (tertiary/aromatic N) is 3. The smallest absolute Gasteiger partial charge is 0.139 e. The minimum atomic E-state index is 0.103. The zero-order chi connectivity index (χ0) is 18.6. The van der Waals surface area contributed by atoms with Crippen molar-refractivity contribution in [2.75, 3.05) is 19.7 Å². The molecule has 1 aliphatic carbocycles. The van der Waals surface area contributed by atoms with Crippen molar-refractivity contribution in [3.63, 3.8) is 0 Å². The summed E-state index contributed by atoms with van der Waals surface area (Å²) in [7, 11) is 0. The van der Waals surface area contributed by atoms with E-state index in [1.165, 1.54) is 58.0 Å². The second-order valence-electron chi connectivity index (χ2n) is 9.01. The molecule has 1 saturated carbocycles. The van der Waals surface area contributed by atoms with E-state index in [0.29, 0.717) is 12.1 Å². The van der Waals surface area contributed by atoms with E-state index >= 15 is 0 Å². The Labute approximate surface area is 164 Å². The third-order valence-corrected chi connectivity index (χ3v) is 7.07. The summed E-state index contributed by atoms with van der Waals surface area (Å²) < 4.78 is 8.42. The number of piperidine rings is 1. The first-order valence-electron chi connectivity index (χ1n) is 11.4. The summed E-state index contributed by atoms with van der Waals surface area (Å²) >= 11 is 0. The standard InChI is InChI=1S/C22H38N4O/c1-3-25-14-11-23-22(25)21-20(8-5-15-27-21)24-18-9-12-26(13-10-18)19-7-4-6-17(2)16-19/h11,14,17-21,24H,3-10,12-13,15-16H2,1-2H3/t17?,19?,20-,21-/m0/s1. The van der Waals surface area contributed by atoms with E-state index < -0.39 is 0 Å². The number of rotatable bonds is 5. The third kappa shape index (κ3) is 4.57. The summed E-state index contributed by atoms with van der Waals surface area (Å²) in [6.45, 7) is 8.95. The van der Waals surface area contributed by atoms with Gasteiger partial charge in [-0.3, -0.25) is 0 Å². The molecule has 4 rings (SSSR count). The monoisotopic (exact) mass is 374 g/mol. The molecule has 0 amide bonds. The third-order valence-electron chi connectivity index (χ3n) is 7.07. The van der Waals surface area contributed by atoms with Gasteiger partial charge >= 0.3 is 0 Å². The van der Waals surface area contributed by atoms with Crippen LogP contribution in [0.2, 0.25) is 0 Å². The molecule has 0 aromatic carbocycles. The molecule has 0 bridgehead atoms. The molecule has 2 aliphatic heterocycles. The number of hydrogen-bond donors (Lipinski definition) is 1. The van der Waals surface area contributed by atoms with Gasteiger partial charge in [-0.2, -0.15) is 0 Å². The minimum Gasteiger partial charge on any atom is -0.369 e. The maximum absolute atomic E-state index is 6.19. The minimum absolute atomic E-state index is 0.103. The molecule has 3 aliphatic rings. The fraction of sp³-hybridized carbons (Fsp3) is 0.864. The molecule has 27 heavy (non-hydrogen) atoms. The Bertz CT molecular complexity index is 581. The van der Waals surface area contributed by atoms with Crippen LogP contribution >= 0.6 is 0 Å². The van der Waals surface area contributed by atoms with Crippen LogP contribution in [-0.2, 0) is 11.3 Å². The molecule has 4 atom stereocenters. The molecule has 0 spiro atoms. The quantitative estimate of drug-likeness (QED) is 0.852. The highest BCUT2D eigenvalue weighted by Crippen LogP contribution is 2.31. The van der Waals surface area contributed by atoms with Crippen LogP contribution in [0.4, 0.5) is 0 Å². The maximum atomic E-state index is 6.19. The van der Waals surface area contributed by atoms with Gasteiger partial charge in [0.25, 0.3) is 0 Å². The topological polar surface area (TPSA) is 42.3 Å². The van der Waals surface area contributed by atoms with Crippen molar-refractivity contribution in [1.82, 2.24) is 19.8 Å². The maximum Gasteiger partial charge on any atom is 0.139 e. The number of imidazole rings is 1. The van der Waals surface area contributed by atoms with Gasteiger partial charge in [0.2, 0.25) is 0 Å². The number of hydrogen-bond acceptors (Lipinski definition) is 4. The molecule has 5 heteroatoms. The SMILES string of the molecule is CCn1ccnc1[C@H]1OCCC[C@@H]1NC1CCN(C2CCCC(C)C2)CC1. The fourth-order valence-electron chi connectivity index (χ4n) is 5.52. The van der Waals surface area contributed by atoms with Crippen LogP contribution in [0.25, 0.3) is 0 Å². The highest BCUT2D eigenvalue weighted by Gasteiger charge is 2.34. The number of nitrogens with one attached hydrogen (secondary N) is 1. The van der Waals surface area contributed by atoms with Crippen LogP contribution in [0.3, 0.4) is 0 Å². The highest BCUT2D eigenvalue weighted by atomic mass is 16.5. The normalized spacial score (nSPS) is 34.0. The summed E-state index contributed by atoms with van der Waals surface area (Å²) in [5.74, 6) is 2.02. The predicted octanol–water partition coefficient (Wildman–Crippen LogP) is 3.76. The molecule has 3 heterocycles. The predicted molar refractivity (Wildman–Crippen MR) is 109 cm³/mol. The zero-order valence-electron chi connectivity index (χ0n) is 17.3. The van der Waals surface area contributed by atoms with Gasteiger partial charge in [0.1, 0.15) is 11.9 Å². The Kier molecular flexibility index (Phi) is 6.51. The molecular formula is C22H38N4O. The molecule has 5 nitrogen and oxygen atoms in total. The van der Waals surface area contributed by atoms with E-state index in [0.717, 1.165) is 37.4 Å². The van der Waals surface area contributed by atoms with Crippen molar-refractivity contribution in [3.8, 4) is 0 Å². The lowest BCUT2D eigenvalue weighted by molar-refractivity contribution is -0.0239. The van der Waals surface area contributed by atoms with Crippen molar-refractivity contribution in [3.05, 3.63) is 18.2 Å². The van der Waals surface area contributed by atoms with Crippen molar-refractivity contribution < 1.29 is 4.74 Å². The van der Waals surface area contributed by atoms with E-state index in [-0.39, 0.29) is 6.10 Å². The van der Waals surface area contributed by atoms with Crippen LogP contribution in [0.15, 0.2) is 12.4 Å². The Morgan fingerprint density at radius 2 is 2.00 bits per heavy atom. The molecule has 0 radical (unpaired) electrons. The second-order valence-corrected chi connectivity index (χ2v) is 9.01. The van der Waals surface area contributed by atoms with Crippen LogP contribution in [0.1, 0.15) is 77.1 Å². The second kappa shape index (κ2) is 9.06. The van der Waals surface area contributed by atoms with Gasteiger partial charge in [-0.05, 0) is 64.5 Å². The first kappa shape index (κ1) is 19.4. The highest BCUT2D eigenvalue weighted by molar-refractivity contribution is 5.03. The number of ether oxygens (including phenoxy) is 1. The van der Waals surface area contributed by atoms with Gasteiger partial charge in [-0.25, -0.2) is 4.98 Å². The van der Waals surface area contributed by atoms with Crippen molar-refractivity contribution in [2.24, 2.45) is 5.92 Å². The zero-order valence-corrected chi connectivity index (χ0v) is 17.3. The van der Waals surface area contributed by atoms with E-state index in [2.05, 4.69) is 39.8 Å². The van der Waals surface area contributed by atoms with Crippen molar-refractivity contribution in [1.29, 1.82) is 0 Å². The van der Waals surface area contributed by atoms with Gasteiger partial charge in [0.05, 0.1) is 0 Å². The Balaban J connectivity index is 1.32. The van der Waals surface area contributed by atoms with Gasteiger partial charge in [-0.15, -0.1) is 0 Å². The molecule has 152 valence electrons. The van der Waals surface area contributed by atoms with Crippen LogP contribution in [0.5, 0.6) is 0 Å². The lowest BCUT2D eigenvalue weighted by Gasteiger charge is -2.42. The summed E-state index contributed by atoms with van der Waals surface area (Å²) in [5.41, 5.74) is 0. The number of aromatic nitrogens is 2. The summed E-state index contributed by atoms with van der Waals surface area (Å²) in [5, 5.41) is 3.97. The van der Waals surface area contributed by atoms with Gasteiger partial charge in [0, 0.05) is 43.7 Å². The summed E-state index contributed by atoms with van der Waals surface area (Å²) in [6, 6.07) is 1.87. The Morgan fingerprint density at radius 1 is 1.15 bits per heavy atom. The fourth-order valence-corrected chi connectivity index (χ4v) is 5.52. The lowest BCUT2D eigenvalue weighted by Crippen LogP contribution is -2.52.